The maximum absolute atomic E-state index is 12.3. The Morgan fingerprint density at radius 1 is 1.32 bits per heavy atom. The molecule has 2 aromatic carbocycles. The first-order valence-corrected chi connectivity index (χ1v) is 9.39. The molecule has 0 aliphatic rings. The van der Waals surface area contributed by atoms with E-state index in [4.69, 9.17) is 22.8 Å². The van der Waals surface area contributed by atoms with Crippen LogP contribution in [0.15, 0.2) is 53.5 Å². The molecule has 5 nitrogen and oxygen atoms in total. The maximum atomic E-state index is 12.3. The van der Waals surface area contributed by atoms with Gasteiger partial charge in [0.1, 0.15) is 0 Å². The molecule has 0 saturated carbocycles. The molecule has 0 spiro atoms. The van der Waals surface area contributed by atoms with Gasteiger partial charge in [-0.15, -0.1) is 6.42 Å². The van der Waals surface area contributed by atoms with E-state index >= 15 is 0 Å². The third-order valence-corrected chi connectivity index (χ3v) is 5.26. The lowest BCUT2D eigenvalue weighted by molar-refractivity contribution is -0.113. The number of halogens is 1. The zero-order chi connectivity index (χ0) is 20.1. The summed E-state index contributed by atoms with van der Waals surface area (Å²) in [5.41, 5.74) is 1.93. The van der Waals surface area contributed by atoms with Crippen LogP contribution in [0.4, 0.5) is 0 Å². The van der Waals surface area contributed by atoms with Gasteiger partial charge in [-0.25, -0.2) is 4.79 Å². The molecule has 1 aromatic heterocycles. The Kier molecular flexibility index (Phi) is 6.09. The van der Waals surface area contributed by atoms with Crippen LogP contribution >= 0.6 is 22.9 Å². The summed E-state index contributed by atoms with van der Waals surface area (Å²) in [5, 5.41) is 0.547. The predicted molar refractivity (Wildman–Crippen MR) is 111 cm³/mol. The molecular weight excluding hydrogens is 396 g/mol. The number of benzene rings is 2. The fourth-order valence-electron chi connectivity index (χ4n) is 2.55. The highest BCUT2D eigenvalue weighted by molar-refractivity contribution is 7.16. The summed E-state index contributed by atoms with van der Waals surface area (Å²) in [6.45, 7) is 0.248. The van der Waals surface area contributed by atoms with Gasteiger partial charge in [0.25, 0.3) is 5.91 Å². The number of fused-ring (bicyclic) bond motifs is 1. The van der Waals surface area contributed by atoms with E-state index in [0.29, 0.717) is 15.4 Å². The van der Waals surface area contributed by atoms with Crippen LogP contribution in [0.5, 0.6) is 0 Å². The monoisotopic (exact) mass is 410 g/mol. The molecule has 0 bridgehead atoms. The minimum absolute atomic E-state index is 0.248. The molecule has 0 fully saturated rings. The van der Waals surface area contributed by atoms with Gasteiger partial charge in [0, 0.05) is 11.1 Å². The summed E-state index contributed by atoms with van der Waals surface area (Å²) < 4.78 is 7.28. The third kappa shape index (κ3) is 4.22. The van der Waals surface area contributed by atoms with Crippen molar-refractivity contribution in [2.75, 3.05) is 7.11 Å². The van der Waals surface area contributed by atoms with Gasteiger partial charge in [0.2, 0.25) is 0 Å². The maximum Gasteiger partial charge on any atom is 0.337 e. The van der Waals surface area contributed by atoms with Crippen LogP contribution in [-0.4, -0.2) is 23.6 Å². The van der Waals surface area contributed by atoms with E-state index in [-0.39, 0.29) is 6.54 Å². The predicted octanol–water partition coefficient (Wildman–Crippen LogP) is 3.92. The van der Waals surface area contributed by atoms with E-state index in [2.05, 4.69) is 10.9 Å². The highest BCUT2D eigenvalue weighted by Crippen LogP contribution is 2.20. The quantitative estimate of drug-likeness (QED) is 0.372. The third-order valence-electron chi connectivity index (χ3n) is 3.87. The van der Waals surface area contributed by atoms with Gasteiger partial charge < -0.3 is 9.30 Å². The van der Waals surface area contributed by atoms with E-state index in [0.717, 1.165) is 15.8 Å². The van der Waals surface area contributed by atoms with Gasteiger partial charge in [-0.3, -0.25) is 4.79 Å². The molecule has 28 heavy (non-hydrogen) atoms. The van der Waals surface area contributed by atoms with Crippen molar-refractivity contribution in [2.24, 2.45) is 4.99 Å². The van der Waals surface area contributed by atoms with Crippen molar-refractivity contribution in [2.45, 2.75) is 6.54 Å². The molecular formula is C21H15ClN2O3S. The lowest BCUT2D eigenvalue weighted by atomic mass is 10.2. The minimum atomic E-state index is -0.439. The number of aromatic nitrogens is 1. The van der Waals surface area contributed by atoms with Gasteiger partial charge in [-0.05, 0) is 35.9 Å². The summed E-state index contributed by atoms with van der Waals surface area (Å²) in [6, 6.07) is 12.3. The summed E-state index contributed by atoms with van der Waals surface area (Å²) in [6.07, 6.45) is 8.43. The van der Waals surface area contributed by atoms with Gasteiger partial charge in [-0.1, -0.05) is 47.1 Å². The van der Waals surface area contributed by atoms with Crippen LogP contribution in [-0.2, 0) is 16.1 Å². The van der Waals surface area contributed by atoms with Crippen molar-refractivity contribution in [1.29, 1.82) is 0 Å². The van der Waals surface area contributed by atoms with Crippen molar-refractivity contribution in [3.8, 4) is 12.3 Å². The molecule has 0 saturated heterocycles. The van der Waals surface area contributed by atoms with Crippen LogP contribution in [0, 0.1) is 12.3 Å². The standard InChI is InChI=1S/C21H15ClN2O3S/c1-3-12-24-17-10-8-15(20(26)27-2)13-18(17)28-21(24)23-19(25)11-9-14-6-4-5-7-16(14)22/h1,4-11,13H,12H2,2H3/b11-9+,23-21?. The van der Waals surface area contributed by atoms with E-state index < -0.39 is 11.9 Å². The lowest BCUT2D eigenvalue weighted by Crippen LogP contribution is -2.15. The number of carbonyl (C=O) groups is 2. The second-order valence-electron chi connectivity index (χ2n) is 5.65. The Hall–Kier alpha value is -3.14. The zero-order valence-electron chi connectivity index (χ0n) is 14.9. The number of esters is 1. The first kappa shape index (κ1) is 19.6. The van der Waals surface area contributed by atoms with Crippen LogP contribution in [0.25, 0.3) is 16.3 Å². The number of methoxy groups -OCH3 is 1. The average Bonchev–Trinajstić information content (AvgIpc) is 3.03. The minimum Gasteiger partial charge on any atom is -0.465 e. The molecule has 3 rings (SSSR count). The van der Waals surface area contributed by atoms with Gasteiger partial charge in [0.05, 0.1) is 29.4 Å². The van der Waals surface area contributed by atoms with Crippen molar-refractivity contribution >= 4 is 51.1 Å². The Labute approximate surface area is 170 Å². The van der Waals surface area contributed by atoms with Crippen molar-refractivity contribution in [3.63, 3.8) is 0 Å². The zero-order valence-corrected chi connectivity index (χ0v) is 16.5. The van der Waals surface area contributed by atoms with Crippen LogP contribution in [0.1, 0.15) is 15.9 Å². The second kappa shape index (κ2) is 8.70. The highest BCUT2D eigenvalue weighted by atomic mass is 35.5. The normalized spacial score (nSPS) is 11.7. The second-order valence-corrected chi connectivity index (χ2v) is 7.07. The fraction of sp³-hybridized carbons (Fsp3) is 0.0952. The smallest absolute Gasteiger partial charge is 0.337 e. The average molecular weight is 411 g/mol. The van der Waals surface area contributed by atoms with Crippen LogP contribution in [0.2, 0.25) is 5.02 Å². The summed E-state index contributed by atoms with van der Waals surface area (Å²) in [7, 11) is 1.32. The van der Waals surface area contributed by atoms with E-state index in [1.165, 1.54) is 24.5 Å². The summed E-state index contributed by atoms with van der Waals surface area (Å²) in [5.74, 6) is 1.69. The first-order chi connectivity index (χ1) is 13.5. The molecule has 0 atom stereocenters. The highest BCUT2D eigenvalue weighted by Gasteiger charge is 2.11. The Bertz CT molecular complexity index is 1200. The molecule has 140 valence electrons. The molecule has 0 radical (unpaired) electrons. The molecule has 0 unspecified atom stereocenters. The van der Waals surface area contributed by atoms with E-state index in [1.807, 2.05) is 12.1 Å². The molecule has 1 heterocycles. The molecule has 0 aliphatic heterocycles. The lowest BCUT2D eigenvalue weighted by Gasteiger charge is -2.01. The topological polar surface area (TPSA) is 60.7 Å². The number of ether oxygens (including phenoxy) is 1. The summed E-state index contributed by atoms with van der Waals surface area (Å²) >= 11 is 7.36. The fourth-order valence-corrected chi connectivity index (χ4v) is 3.82. The Balaban J connectivity index is 2.01. The van der Waals surface area contributed by atoms with E-state index in [1.54, 1.807) is 41.0 Å². The summed E-state index contributed by atoms with van der Waals surface area (Å²) in [4.78, 5) is 28.7. The van der Waals surface area contributed by atoms with Crippen molar-refractivity contribution in [1.82, 2.24) is 4.57 Å². The number of hydrogen-bond acceptors (Lipinski definition) is 4. The number of amides is 1. The number of rotatable bonds is 4. The largest absolute Gasteiger partial charge is 0.465 e. The van der Waals surface area contributed by atoms with Gasteiger partial charge in [-0.2, -0.15) is 4.99 Å². The Morgan fingerprint density at radius 3 is 2.82 bits per heavy atom. The van der Waals surface area contributed by atoms with Crippen LogP contribution < -0.4 is 4.80 Å². The molecule has 1 amide bonds. The number of hydrogen-bond donors (Lipinski definition) is 0. The first-order valence-electron chi connectivity index (χ1n) is 8.20. The SMILES string of the molecule is C#CCn1c(=NC(=O)/C=C/c2ccccc2Cl)sc2cc(C(=O)OC)ccc21. The van der Waals surface area contributed by atoms with E-state index in [9.17, 15) is 9.59 Å². The molecule has 3 aromatic rings. The van der Waals surface area contributed by atoms with Crippen molar-refractivity contribution < 1.29 is 14.3 Å². The van der Waals surface area contributed by atoms with Crippen LogP contribution in [0.3, 0.4) is 0 Å². The number of thiazole rings is 1. The van der Waals surface area contributed by atoms with Gasteiger partial charge >= 0.3 is 5.97 Å². The van der Waals surface area contributed by atoms with Crippen molar-refractivity contribution in [3.05, 3.63) is 69.5 Å². The molecule has 7 heteroatoms. The Morgan fingerprint density at radius 2 is 2.11 bits per heavy atom. The molecule has 0 N–H and O–H groups in total. The molecule has 0 aliphatic carbocycles. The number of nitrogens with zero attached hydrogens (tertiary/aromatic N) is 2. The van der Waals surface area contributed by atoms with Gasteiger partial charge in [0.15, 0.2) is 4.80 Å². The number of carbonyl (C=O) groups excluding carboxylic acids is 2. The number of terminal acetylenes is 1.